The van der Waals surface area contributed by atoms with Gasteiger partial charge in [-0.1, -0.05) is 18.2 Å². The Hall–Kier alpha value is -3.87. The van der Waals surface area contributed by atoms with E-state index in [-0.39, 0.29) is 0 Å². The molecule has 0 saturated carbocycles. The maximum atomic E-state index is 13.1. The molecule has 0 spiro atoms. The lowest BCUT2D eigenvalue weighted by atomic mass is 10.0. The highest BCUT2D eigenvalue weighted by atomic mass is 16.5. The van der Waals surface area contributed by atoms with E-state index in [1.165, 1.54) is 0 Å². The number of ether oxygens (including phenoxy) is 1. The summed E-state index contributed by atoms with van der Waals surface area (Å²) in [5.41, 5.74) is 2.77. The van der Waals surface area contributed by atoms with Crippen molar-refractivity contribution in [3.63, 3.8) is 0 Å². The molecule has 0 aliphatic carbocycles. The minimum absolute atomic E-state index is 0.354. The van der Waals surface area contributed by atoms with Gasteiger partial charge in [0.15, 0.2) is 0 Å². The van der Waals surface area contributed by atoms with Crippen LogP contribution in [0.15, 0.2) is 73.4 Å². The second-order valence-electron chi connectivity index (χ2n) is 7.10. The number of benzene rings is 1. The summed E-state index contributed by atoms with van der Waals surface area (Å²) in [6.45, 7) is 3.64. The molecule has 3 heterocycles. The summed E-state index contributed by atoms with van der Waals surface area (Å²) in [5, 5.41) is 2.75. The van der Waals surface area contributed by atoms with Crippen LogP contribution < -0.4 is 10.1 Å². The molecule has 7 heteroatoms. The number of imidazole rings is 1. The highest BCUT2D eigenvalue weighted by Crippen LogP contribution is 2.29. The molecule has 3 aromatic heterocycles. The Labute approximate surface area is 180 Å². The first-order valence-electron chi connectivity index (χ1n) is 10.3. The van der Waals surface area contributed by atoms with Crippen LogP contribution in [0.3, 0.4) is 0 Å². The van der Waals surface area contributed by atoms with Crippen molar-refractivity contribution in [3.8, 4) is 16.9 Å². The van der Waals surface area contributed by atoms with Gasteiger partial charge in [-0.25, -0.2) is 4.98 Å². The summed E-state index contributed by atoms with van der Waals surface area (Å²) in [4.78, 5) is 29.8. The molecule has 1 aromatic carbocycles. The average molecular weight is 416 g/mol. The summed E-state index contributed by atoms with van der Waals surface area (Å²) < 4.78 is 9.20. The number of aryl methyl sites for hydroxylation is 1. The lowest BCUT2D eigenvalue weighted by Gasteiger charge is -2.09. The third kappa shape index (κ3) is 4.50. The normalized spacial score (nSPS) is 10.9. The molecular weight excluding hydrogens is 392 g/mol. The fourth-order valence-corrected chi connectivity index (χ4v) is 3.54. The summed E-state index contributed by atoms with van der Waals surface area (Å²) in [5.74, 6) is -0.405. The predicted molar refractivity (Wildman–Crippen MR) is 118 cm³/mol. The zero-order valence-electron chi connectivity index (χ0n) is 17.3. The molecule has 0 fully saturated rings. The van der Waals surface area contributed by atoms with Crippen molar-refractivity contribution in [2.75, 3.05) is 13.2 Å². The average Bonchev–Trinajstić information content (AvgIpc) is 3.44. The highest BCUT2D eigenvalue weighted by Gasteiger charge is 2.24. The van der Waals surface area contributed by atoms with Crippen LogP contribution in [0.1, 0.15) is 23.8 Å². The van der Waals surface area contributed by atoms with Gasteiger partial charge in [-0.15, -0.1) is 0 Å². The van der Waals surface area contributed by atoms with Gasteiger partial charge in [-0.2, -0.15) is 0 Å². The second kappa shape index (κ2) is 9.30. The first-order valence-corrected chi connectivity index (χ1v) is 10.3. The lowest BCUT2D eigenvalue weighted by Crippen LogP contribution is -2.33. The number of Topliss-reactive ketones (excluding diaryl/α,β-unsaturated/α-hetero) is 1. The number of ketones is 1. The maximum Gasteiger partial charge on any atom is 0.294 e. The van der Waals surface area contributed by atoms with E-state index in [0.717, 1.165) is 23.4 Å². The lowest BCUT2D eigenvalue weighted by molar-refractivity contribution is -0.117. The zero-order chi connectivity index (χ0) is 21.6. The van der Waals surface area contributed by atoms with Crippen LogP contribution in [0, 0.1) is 0 Å². The van der Waals surface area contributed by atoms with Crippen LogP contribution in [0.5, 0.6) is 5.75 Å². The Morgan fingerprint density at radius 1 is 1.10 bits per heavy atom. The molecule has 0 bridgehead atoms. The van der Waals surface area contributed by atoms with E-state index in [4.69, 9.17) is 4.74 Å². The van der Waals surface area contributed by atoms with Gasteiger partial charge in [-0.05, 0) is 49.2 Å². The first kappa shape index (κ1) is 20.4. The molecule has 7 nitrogen and oxygen atoms in total. The van der Waals surface area contributed by atoms with E-state index in [1.54, 1.807) is 23.1 Å². The van der Waals surface area contributed by atoms with E-state index >= 15 is 0 Å². The van der Waals surface area contributed by atoms with Gasteiger partial charge in [0.1, 0.15) is 11.4 Å². The molecule has 0 radical (unpaired) electrons. The second-order valence-corrected chi connectivity index (χ2v) is 7.10. The highest BCUT2D eigenvalue weighted by molar-refractivity contribution is 6.43. The SMILES string of the molecule is CCOc1ccc(-c2cc3ccccn3c2C(=O)C(=O)NCCCn2ccnc2)cc1. The minimum atomic E-state index is -0.610. The van der Waals surface area contributed by atoms with Crippen molar-refractivity contribution in [2.24, 2.45) is 0 Å². The fraction of sp³-hybridized carbons (Fsp3) is 0.208. The van der Waals surface area contributed by atoms with E-state index < -0.39 is 11.7 Å². The number of nitrogens with one attached hydrogen (secondary N) is 1. The first-order chi connectivity index (χ1) is 15.2. The van der Waals surface area contributed by atoms with Crippen LogP contribution in [-0.2, 0) is 11.3 Å². The summed E-state index contributed by atoms with van der Waals surface area (Å²) >= 11 is 0. The van der Waals surface area contributed by atoms with Crippen LogP contribution in [0.4, 0.5) is 0 Å². The molecular formula is C24H24N4O3. The largest absolute Gasteiger partial charge is 0.494 e. The van der Waals surface area contributed by atoms with Crippen molar-refractivity contribution in [2.45, 2.75) is 19.9 Å². The molecule has 1 N–H and O–H groups in total. The van der Waals surface area contributed by atoms with Crippen molar-refractivity contribution in [3.05, 3.63) is 79.1 Å². The van der Waals surface area contributed by atoms with Crippen LogP contribution >= 0.6 is 0 Å². The molecule has 4 rings (SSSR count). The molecule has 0 aliphatic heterocycles. The standard InChI is InChI=1S/C24H24N4O3/c1-2-31-20-9-7-18(8-10-20)21-16-19-6-3-4-14-28(19)22(21)23(29)24(30)26-11-5-13-27-15-12-25-17-27/h3-4,6-10,12,14-17H,2,5,11,13H2,1H3,(H,26,30). The fourth-order valence-electron chi connectivity index (χ4n) is 3.54. The van der Waals surface area contributed by atoms with Gasteiger partial charge in [0.05, 0.1) is 12.9 Å². The zero-order valence-corrected chi connectivity index (χ0v) is 17.3. The predicted octanol–water partition coefficient (Wildman–Crippen LogP) is 3.59. The topological polar surface area (TPSA) is 77.6 Å². The third-order valence-electron chi connectivity index (χ3n) is 5.02. The van der Waals surface area contributed by atoms with Gasteiger partial charge in [0.25, 0.3) is 11.7 Å². The van der Waals surface area contributed by atoms with E-state index in [1.807, 2.05) is 66.2 Å². The number of hydrogen-bond donors (Lipinski definition) is 1. The molecule has 158 valence electrons. The van der Waals surface area contributed by atoms with Gasteiger partial charge < -0.3 is 19.0 Å². The number of carbonyl (C=O) groups is 2. The van der Waals surface area contributed by atoms with E-state index in [9.17, 15) is 9.59 Å². The van der Waals surface area contributed by atoms with E-state index in [2.05, 4.69) is 10.3 Å². The minimum Gasteiger partial charge on any atom is -0.494 e. The van der Waals surface area contributed by atoms with Gasteiger partial charge in [-0.3, -0.25) is 9.59 Å². The molecule has 4 aromatic rings. The van der Waals surface area contributed by atoms with Crippen molar-refractivity contribution in [1.82, 2.24) is 19.3 Å². The van der Waals surface area contributed by atoms with Crippen molar-refractivity contribution in [1.29, 1.82) is 0 Å². The number of amides is 1. The number of pyridine rings is 1. The molecule has 31 heavy (non-hydrogen) atoms. The molecule has 0 aliphatic rings. The Kier molecular flexibility index (Phi) is 6.12. The maximum absolute atomic E-state index is 13.1. The van der Waals surface area contributed by atoms with E-state index in [0.29, 0.717) is 30.8 Å². The number of nitrogens with zero attached hydrogens (tertiary/aromatic N) is 3. The van der Waals surface area contributed by atoms with Crippen LogP contribution in [0.25, 0.3) is 16.6 Å². The number of aromatic nitrogens is 3. The molecule has 0 unspecified atom stereocenters. The third-order valence-corrected chi connectivity index (χ3v) is 5.02. The van der Waals surface area contributed by atoms with Crippen LogP contribution in [-0.4, -0.2) is 38.8 Å². The number of rotatable bonds is 9. The van der Waals surface area contributed by atoms with Crippen molar-refractivity contribution < 1.29 is 14.3 Å². The molecule has 0 atom stereocenters. The van der Waals surface area contributed by atoms with Crippen molar-refractivity contribution >= 4 is 17.2 Å². The van der Waals surface area contributed by atoms with Gasteiger partial charge in [0, 0.05) is 42.8 Å². The Bertz CT molecular complexity index is 1180. The molecule has 1 amide bonds. The number of carbonyl (C=O) groups excluding carboxylic acids is 2. The summed E-state index contributed by atoms with van der Waals surface area (Å²) in [6.07, 6.45) is 7.80. The monoisotopic (exact) mass is 416 g/mol. The Balaban J connectivity index is 1.55. The molecule has 0 saturated heterocycles. The van der Waals surface area contributed by atoms with Gasteiger partial charge in [0.2, 0.25) is 0 Å². The Morgan fingerprint density at radius 3 is 2.68 bits per heavy atom. The van der Waals surface area contributed by atoms with Crippen LogP contribution in [0.2, 0.25) is 0 Å². The number of hydrogen-bond acceptors (Lipinski definition) is 4. The quantitative estimate of drug-likeness (QED) is 0.257. The summed E-state index contributed by atoms with van der Waals surface area (Å²) in [7, 11) is 0. The Morgan fingerprint density at radius 2 is 1.94 bits per heavy atom. The summed E-state index contributed by atoms with van der Waals surface area (Å²) in [6, 6.07) is 15.1. The smallest absolute Gasteiger partial charge is 0.294 e. The van der Waals surface area contributed by atoms with Gasteiger partial charge >= 0.3 is 0 Å². The number of fused-ring (bicyclic) bond motifs is 1.